The van der Waals surface area contributed by atoms with E-state index in [1.165, 1.54) is 32.9 Å². The summed E-state index contributed by atoms with van der Waals surface area (Å²) < 4.78 is 0. The number of amides is 5. The highest BCUT2D eigenvalue weighted by atomic mass is 16.3. The molecule has 12 nitrogen and oxygen atoms in total. The van der Waals surface area contributed by atoms with Crippen LogP contribution in [0.2, 0.25) is 0 Å². The maximum atomic E-state index is 12.9. The van der Waals surface area contributed by atoms with Gasteiger partial charge in [-0.1, -0.05) is 42.5 Å². The molecule has 2 aromatic rings. The highest BCUT2D eigenvalue weighted by Gasteiger charge is 2.31. The van der Waals surface area contributed by atoms with Crippen molar-refractivity contribution in [3.05, 3.63) is 65.7 Å². The Morgan fingerprint density at radius 3 is 2.03 bits per heavy atom. The van der Waals surface area contributed by atoms with Gasteiger partial charge in [0.1, 0.15) is 23.4 Å². The molecule has 0 unspecified atom stereocenters. The summed E-state index contributed by atoms with van der Waals surface area (Å²) in [6.45, 7) is 3.87. The van der Waals surface area contributed by atoms with Gasteiger partial charge >= 0.3 is 0 Å². The van der Waals surface area contributed by atoms with E-state index in [0.29, 0.717) is 0 Å². The summed E-state index contributed by atoms with van der Waals surface area (Å²) in [6.07, 6.45) is 0.326. The van der Waals surface area contributed by atoms with E-state index in [9.17, 15) is 29.1 Å². The first-order chi connectivity index (χ1) is 18.3. The summed E-state index contributed by atoms with van der Waals surface area (Å²) in [5.74, 6) is -3.12. The minimum Gasteiger partial charge on any atom is -0.508 e. The van der Waals surface area contributed by atoms with Gasteiger partial charge in [-0.05, 0) is 50.5 Å². The van der Waals surface area contributed by atoms with Crippen LogP contribution in [-0.2, 0) is 36.8 Å². The first-order valence-corrected chi connectivity index (χ1v) is 12.3. The molecule has 0 aromatic heterocycles. The van der Waals surface area contributed by atoms with Gasteiger partial charge in [0, 0.05) is 6.42 Å². The zero-order chi connectivity index (χ0) is 29.2. The van der Waals surface area contributed by atoms with Gasteiger partial charge in [-0.3, -0.25) is 24.0 Å². The molecule has 0 aliphatic carbocycles. The third-order valence-corrected chi connectivity index (χ3v) is 5.89. The molecule has 0 radical (unpaired) electrons. The molecule has 0 aliphatic rings. The monoisotopic (exact) mass is 540 g/mol. The second-order valence-corrected chi connectivity index (χ2v) is 9.71. The number of benzene rings is 2. The standard InChI is InChI=1S/C27H36N6O6/c1-16(31-24(37)20(28)13-18-9-11-19(34)12-10-18)23(36)30-15-22(35)32-21(14-17-7-5-4-6-8-17)25(38)33-27(2,3)26(29)39/h4-12,16,20-21,34H,13-15,28H2,1-3H3,(H2,29,39)(H,30,36)(H,31,37)(H,32,35)(H,33,38)/t16-,20+,21+/m1/s1. The minimum absolute atomic E-state index is 0.0904. The van der Waals surface area contributed by atoms with Crippen molar-refractivity contribution in [3.63, 3.8) is 0 Å². The van der Waals surface area contributed by atoms with E-state index in [2.05, 4.69) is 21.3 Å². The molecule has 0 aliphatic heterocycles. The number of phenolic OH excluding ortho intramolecular Hbond substituents is 1. The van der Waals surface area contributed by atoms with E-state index < -0.39 is 59.7 Å². The van der Waals surface area contributed by atoms with Crippen LogP contribution < -0.4 is 32.7 Å². The molecule has 210 valence electrons. The minimum atomic E-state index is -1.35. The molecule has 0 spiro atoms. The van der Waals surface area contributed by atoms with Gasteiger partial charge in [0.15, 0.2) is 0 Å². The smallest absolute Gasteiger partial charge is 0.243 e. The zero-order valence-electron chi connectivity index (χ0n) is 22.2. The van der Waals surface area contributed by atoms with Crippen molar-refractivity contribution in [2.45, 2.75) is 57.3 Å². The van der Waals surface area contributed by atoms with Crippen LogP contribution in [0, 0.1) is 0 Å². The Labute approximate surface area is 226 Å². The normalized spacial score (nSPS) is 13.3. The first kappa shape index (κ1) is 30.8. The second-order valence-electron chi connectivity index (χ2n) is 9.71. The van der Waals surface area contributed by atoms with Crippen molar-refractivity contribution in [1.29, 1.82) is 0 Å². The Bertz CT molecular complexity index is 1170. The Kier molecular flexibility index (Phi) is 11.0. The molecule has 0 saturated carbocycles. The molecule has 9 N–H and O–H groups in total. The fourth-order valence-electron chi connectivity index (χ4n) is 3.45. The van der Waals surface area contributed by atoms with Crippen LogP contribution in [0.5, 0.6) is 5.75 Å². The number of carbonyl (C=O) groups excluding carboxylic acids is 5. The molecule has 2 rings (SSSR count). The predicted molar refractivity (Wildman–Crippen MR) is 144 cm³/mol. The number of primary amides is 1. The molecule has 12 heteroatoms. The average molecular weight is 541 g/mol. The van der Waals surface area contributed by atoms with Gasteiger partial charge in [-0.2, -0.15) is 0 Å². The zero-order valence-corrected chi connectivity index (χ0v) is 22.2. The molecular formula is C27H36N6O6. The maximum Gasteiger partial charge on any atom is 0.243 e. The van der Waals surface area contributed by atoms with Crippen molar-refractivity contribution in [3.8, 4) is 5.75 Å². The van der Waals surface area contributed by atoms with Crippen molar-refractivity contribution >= 4 is 29.5 Å². The van der Waals surface area contributed by atoms with E-state index in [1.54, 1.807) is 36.4 Å². The molecule has 0 fully saturated rings. The first-order valence-electron chi connectivity index (χ1n) is 12.3. The van der Waals surface area contributed by atoms with Gasteiger partial charge in [0.05, 0.1) is 12.6 Å². The number of phenols is 1. The van der Waals surface area contributed by atoms with Crippen molar-refractivity contribution in [2.75, 3.05) is 6.54 Å². The fourth-order valence-corrected chi connectivity index (χ4v) is 3.45. The number of nitrogens with two attached hydrogens (primary N) is 2. The van der Waals surface area contributed by atoms with E-state index in [1.807, 2.05) is 6.07 Å². The summed E-state index contributed by atoms with van der Waals surface area (Å²) in [7, 11) is 0. The van der Waals surface area contributed by atoms with Crippen molar-refractivity contribution in [2.24, 2.45) is 11.5 Å². The topological polar surface area (TPSA) is 206 Å². The summed E-state index contributed by atoms with van der Waals surface area (Å²) in [6, 6.07) is 12.2. The lowest BCUT2D eigenvalue weighted by Gasteiger charge is -2.26. The van der Waals surface area contributed by atoms with E-state index in [0.717, 1.165) is 11.1 Å². The molecule has 39 heavy (non-hydrogen) atoms. The van der Waals surface area contributed by atoms with Crippen LogP contribution in [0.3, 0.4) is 0 Å². The summed E-state index contributed by atoms with van der Waals surface area (Å²) >= 11 is 0. The van der Waals surface area contributed by atoms with E-state index in [-0.39, 0.29) is 18.6 Å². The lowest BCUT2D eigenvalue weighted by molar-refractivity contribution is -0.133. The maximum absolute atomic E-state index is 12.9. The number of hydrogen-bond acceptors (Lipinski definition) is 7. The third kappa shape index (κ3) is 10.1. The molecule has 2 aromatic carbocycles. The number of nitrogens with one attached hydrogen (secondary N) is 4. The largest absolute Gasteiger partial charge is 0.508 e. The SMILES string of the molecule is C[C@@H](NC(=O)[C@@H](N)Cc1ccc(O)cc1)C(=O)NCC(=O)N[C@@H](Cc1ccccc1)C(=O)NC(C)(C)C(N)=O. The molecule has 3 atom stereocenters. The molecule has 0 bridgehead atoms. The average Bonchev–Trinajstić information content (AvgIpc) is 2.88. The summed E-state index contributed by atoms with van der Waals surface area (Å²) in [5.41, 5.74) is 11.4. The van der Waals surface area contributed by atoms with Crippen LogP contribution in [0.25, 0.3) is 0 Å². The highest BCUT2D eigenvalue weighted by molar-refractivity contribution is 5.95. The van der Waals surface area contributed by atoms with Crippen LogP contribution >= 0.6 is 0 Å². The van der Waals surface area contributed by atoms with E-state index >= 15 is 0 Å². The second kappa shape index (κ2) is 13.9. The quantitative estimate of drug-likeness (QED) is 0.168. The van der Waals surface area contributed by atoms with Crippen LogP contribution in [0.1, 0.15) is 31.9 Å². The lowest BCUT2D eigenvalue weighted by Crippen LogP contribution is -2.59. The van der Waals surface area contributed by atoms with Gasteiger partial charge in [0.2, 0.25) is 29.5 Å². The van der Waals surface area contributed by atoms with Crippen LogP contribution in [0.15, 0.2) is 54.6 Å². The highest BCUT2D eigenvalue weighted by Crippen LogP contribution is 2.11. The number of aromatic hydroxyl groups is 1. The summed E-state index contributed by atoms with van der Waals surface area (Å²) in [4.78, 5) is 62.0. The third-order valence-electron chi connectivity index (χ3n) is 5.89. The van der Waals surface area contributed by atoms with E-state index in [4.69, 9.17) is 11.5 Å². The Morgan fingerprint density at radius 1 is 0.846 bits per heavy atom. The fraction of sp³-hybridized carbons (Fsp3) is 0.370. The number of carbonyl (C=O) groups is 5. The molecule has 0 heterocycles. The molecule has 5 amide bonds. The predicted octanol–water partition coefficient (Wildman–Crippen LogP) is -1.01. The lowest BCUT2D eigenvalue weighted by atomic mass is 10.0. The van der Waals surface area contributed by atoms with Crippen LogP contribution in [-0.4, -0.2) is 64.9 Å². The van der Waals surface area contributed by atoms with Crippen molar-refractivity contribution in [1.82, 2.24) is 21.3 Å². The van der Waals surface area contributed by atoms with Crippen LogP contribution in [0.4, 0.5) is 0 Å². The van der Waals surface area contributed by atoms with Gasteiger partial charge < -0.3 is 37.8 Å². The summed E-state index contributed by atoms with van der Waals surface area (Å²) in [5, 5.41) is 19.4. The Morgan fingerprint density at radius 2 is 1.44 bits per heavy atom. The van der Waals surface area contributed by atoms with Gasteiger partial charge in [0.25, 0.3) is 0 Å². The van der Waals surface area contributed by atoms with Gasteiger partial charge in [-0.15, -0.1) is 0 Å². The Balaban J connectivity index is 1.92. The van der Waals surface area contributed by atoms with Crippen molar-refractivity contribution < 1.29 is 29.1 Å². The van der Waals surface area contributed by atoms with Gasteiger partial charge in [-0.25, -0.2) is 0 Å². The number of rotatable bonds is 13. The molecular weight excluding hydrogens is 504 g/mol. The number of hydrogen-bond donors (Lipinski definition) is 7. The molecule has 0 saturated heterocycles. The Hall–Kier alpha value is -4.45.